The molecule has 2 aromatic heterocycles. The quantitative estimate of drug-likeness (QED) is 0.385. The predicted octanol–water partition coefficient (Wildman–Crippen LogP) is 5.82. The van der Waals surface area contributed by atoms with Crippen LogP contribution in [0.1, 0.15) is 11.1 Å². The molecule has 32 heavy (non-hydrogen) atoms. The third-order valence-electron chi connectivity index (χ3n) is 4.87. The van der Waals surface area contributed by atoms with E-state index in [1.807, 2.05) is 0 Å². The molecular formula is C23H17F3N2O3S. The zero-order valence-electron chi connectivity index (χ0n) is 17.0. The van der Waals surface area contributed by atoms with Gasteiger partial charge in [0.2, 0.25) is 0 Å². The van der Waals surface area contributed by atoms with Gasteiger partial charge in [-0.3, -0.25) is 9.97 Å². The third kappa shape index (κ3) is 4.29. The van der Waals surface area contributed by atoms with Crippen LogP contribution in [0.15, 0.2) is 72.0 Å². The molecule has 0 saturated carbocycles. The monoisotopic (exact) mass is 458 g/mol. The number of hydrogen-bond acceptors (Lipinski definition) is 5. The number of fused-ring (bicyclic) bond motifs is 1. The SMILES string of the molecule is Cc1cnc2c(C(F)(F)F)cccc2c1-c1cccc(Oc2cncc(S(C)(=O)=O)c2)c1. The minimum Gasteiger partial charge on any atom is -0.456 e. The van der Waals surface area contributed by atoms with E-state index < -0.39 is 21.6 Å². The lowest BCUT2D eigenvalue weighted by Gasteiger charge is -2.15. The summed E-state index contributed by atoms with van der Waals surface area (Å²) in [6.45, 7) is 1.77. The summed E-state index contributed by atoms with van der Waals surface area (Å²) < 4.78 is 69.7. The van der Waals surface area contributed by atoms with E-state index in [4.69, 9.17) is 4.74 Å². The minimum atomic E-state index is -4.53. The first-order valence-electron chi connectivity index (χ1n) is 9.43. The smallest absolute Gasteiger partial charge is 0.418 e. The van der Waals surface area contributed by atoms with Crippen molar-refractivity contribution in [2.75, 3.05) is 6.26 Å². The molecule has 164 valence electrons. The molecule has 2 aromatic carbocycles. The molecule has 4 rings (SSSR count). The van der Waals surface area contributed by atoms with Crippen LogP contribution in [0.25, 0.3) is 22.0 Å². The minimum absolute atomic E-state index is 0.0156. The number of rotatable bonds is 4. The van der Waals surface area contributed by atoms with Gasteiger partial charge in [0.1, 0.15) is 11.5 Å². The number of halogens is 3. The molecule has 0 atom stereocenters. The topological polar surface area (TPSA) is 69.2 Å². The largest absolute Gasteiger partial charge is 0.456 e. The van der Waals surface area contributed by atoms with Crippen LogP contribution in [-0.4, -0.2) is 24.6 Å². The van der Waals surface area contributed by atoms with Crippen molar-refractivity contribution in [3.8, 4) is 22.6 Å². The molecule has 9 heteroatoms. The number of benzene rings is 2. The number of nitrogens with zero attached hydrogens (tertiary/aromatic N) is 2. The van der Waals surface area contributed by atoms with Crippen LogP contribution >= 0.6 is 0 Å². The Morgan fingerprint density at radius 2 is 1.69 bits per heavy atom. The summed E-state index contributed by atoms with van der Waals surface area (Å²) in [6.07, 6.45) is 0.565. The summed E-state index contributed by atoms with van der Waals surface area (Å²) in [5.74, 6) is 0.604. The van der Waals surface area contributed by atoms with E-state index in [0.717, 1.165) is 12.3 Å². The summed E-state index contributed by atoms with van der Waals surface area (Å²) >= 11 is 0. The molecule has 0 aliphatic rings. The number of pyridine rings is 2. The normalized spacial score (nSPS) is 12.2. The summed E-state index contributed by atoms with van der Waals surface area (Å²) in [5, 5.41) is 0.373. The molecule has 0 aliphatic carbocycles. The molecule has 0 spiro atoms. The first-order chi connectivity index (χ1) is 15.0. The van der Waals surface area contributed by atoms with Gasteiger partial charge in [-0.15, -0.1) is 0 Å². The fourth-order valence-electron chi connectivity index (χ4n) is 3.44. The average molecular weight is 458 g/mol. The number of aryl methyl sites for hydroxylation is 1. The van der Waals surface area contributed by atoms with Gasteiger partial charge in [-0.2, -0.15) is 13.2 Å². The highest BCUT2D eigenvalue weighted by atomic mass is 32.2. The Morgan fingerprint density at radius 3 is 2.41 bits per heavy atom. The number of hydrogen-bond donors (Lipinski definition) is 0. The van der Waals surface area contributed by atoms with Gasteiger partial charge in [-0.25, -0.2) is 8.42 Å². The Bertz CT molecular complexity index is 1430. The van der Waals surface area contributed by atoms with Crippen molar-refractivity contribution in [1.29, 1.82) is 0 Å². The van der Waals surface area contributed by atoms with Crippen LogP contribution in [0.2, 0.25) is 0 Å². The molecule has 0 radical (unpaired) electrons. The van der Waals surface area contributed by atoms with Crippen molar-refractivity contribution in [2.24, 2.45) is 0 Å². The van der Waals surface area contributed by atoms with E-state index >= 15 is 0 Å². The third-order valence-corrected chi connectivity index (χ3v) is 5.95. The van der Waals surface area contributed by atoms with Gasteiger partial charge in [-0.1, -0.05) is 24.3 Å². The summed E-state index contributed by atoms with van der Waals surface area (Å²) in [7, 11) is -3.46. The fourth-order valence-corrected chi connectivity index (χ4v) is 4.03. The average Bonchev–Trinajstić information content (AvgIpc) is 2.72. The standard InChI is InChI=1S/C23H17F3N2O3S/c1-14-11-28-22-19(7-4-8-20(22)23(24,25)26)21(14)15-5-3-6-16(9-15)31-17-10-18(13-27-12-17)32(2,29)30/h3-13H,1-2H3. The van der Waals surface area contributed by atoms with E-state index in [2.05, 4.69) is 9.97 Å². The molecule has 2 heterocycles. The highest BCUT2D eigenvalue weighted by Crippen LogP contribution is 2.39. The van der Waals surface area contributed by atoms with Gasteiger partial charge in [-0.05, 0) is 41.8 Å². The van der Waals surface area contributed by atoms with Gasteiger partial charge >= 0.3 is 6.18 Å². The lowest BCUT2D eigenvalue weighted by molar-refractivity contribution is -0.136. The second-order valence-electron chi connectivity index (χ2n) is 7.27. The van der Waals surface area contributed by atoms with Gasteiger partial charge in [0.15, 0.2) is 9.84 Å². The predicted molar refractivity (Wildman–Crippen MR) is 114 cm³/mol. The van der Waals surface area contributed by atoms with Crippen molar-refractivity contribution in [1.82, 2.24) is 9.97 Å². The summed E-state index contributed by atoms with van der Waals surface area (Å²) in [4.78, 5) is 7.95. The summed E-state index contributed by atoms with van der Waals surface area (Å²) in [5.41, 5.74) is 1.02. The van der Waals surface area contributed by atoms with Crippen LogP contribution in [0.4, 0.5) is 13.2 Å². The zero-order valence-corrected chi connectivity index (χ0v) is 17.8. The van der Waals surface area contributed by atoms with Gasteiger partial charge in [0, 0.05) is 30.1 Å². The Labute approximate surface area is 182 Å². The number of para-hydroxylation sites is 1. The lowest BCUT2D eigenvalue weighted by atomic mass is 9.95. The number of ether oxygens (including phenoxy) is 1. The van der Waals surface area contributed by atoms with E-state index in [1.165, 1.54) is 30.7 Å². The Morgan fingerprint density at radius 1 is 0.938 bits per heavy atom. The van der Waals surface area contributed by atoms with E-state index in [1.54, 1.807) is 37.3 Å². The maximum Gasteiger partial charge on any atom is 0.418 e. The molecule has 0 saturated heterocycles. The van der Waals surface area contributed by atoms with Crippen LogP contribution in [0, 0.1) is 6.92 Å². The highest BCUT2D eigenvalue weighted by Gasteiger charge is 2.33. The van der Waals surface area contributed by atoms with Gasteiger partial charge < -0.3 is 4.74 Å². The first-order valence-corrected chi connectivity index (χ1v) is 11.3. The Kier molecular flexibility index (Phi) is 5.37. The maximum absolute atomic E-state index is 13.5. The van der Waals surface area contributed by atoms with E-state index in [9.17, 15) is 21.6 Å². The number of sulfone groups is 1. The molecule has 0 N–H and O–H groups in total. The summed E-state index contributed by atoms with van der Waals surface area (Å²) in [6, 6.07) is 12.1. The fraction of sp³-hybridized carbons (Fsp3) is 0.130. The van der Waals surface area contributed by atoms with Gasteiger partial charge in [0.25, 0.3) is 0 Å². The van der Waals surface area contributed by atoms with E-state index in [0.29, 0.717) is 27.8 Å². The molecule has 0 fully saturated rings. The van der Waals surface area contributed by atoms with Gasteiger partial charge in [0.05, 0.1) is 22.2 Å². The van der Waals surface area contributed by atoms with Crippen LogP contribution < -0.4 is 4.74 Å². The molecule has 4 aromatic rings. The first kappa shape index (κ1) is 21.8. The molecule has 0 aliphatic heterocycles. The van der Waals surface area contributed by atoms with Crippen molar-refractivity contribution in [2.45, 2.75) is 18.0 Å². The zero-order chi connectivity index (χ0) is 23.1. The second-order valence-corrected chi connectivity index (χ2v) is 9.29. The lowest BCUT2D eigenvalue weighted by Crippen LogP contribution is -2.07. The van der Waals surface area contributed by atoms with Crippen molar-refractivity contribution < 1.29 is 26.3 Å². The van der Waals surface area contributed by atoms with Crippen molar-refractivity contribution in [3.63, 3.8) is 0 Å². The molecule has 0 unspecified atom stereocenters. The Hall–Kier alpha value is -3.46. The van der Waals surface area contributed by atoms with Crippen LogP contribution in [0.3, 0.4) is 0 Å². The highest BCUT2D eigenvalue weighted by molar-refractivity contribution is 7.90. The van der Waals surface area contributed by atoms with Crippen LogP contribution in [0.5, 0.6) is 11.5 Å². The molecule has 0 amide bonds. The molecular weight excluding hydrogens is 441 g/mol. The maximum atomic E-state index is 13.5. The van der Waals surface area contributed by atoms with Crippen molar-refractivity contribution >= 4 is 20.7 Å². The number of alkyl halides is 3. The number of aromatic nitrogens is 2. The second kappa shape index (κ2) is 7.90. The van der Waals surface area contributed by atoms with E-state index in [-0.39, 0.29) is 16.2 Å². The van der Waals surface area contributed by atoms with Crippen molar-refractivity contribution in [3.05, 3.63) is 78.2 Å². The molecule has 0 bridgehead atoms. The Balaban J connectivity index is 1.80. The molecule has 5 nitrogen and oxygen atoms in total. The van der Waals surface area contributed by atoms with Crippen LogP contribution in [-0.2, 0) is 16.0 Å².